The van der Waals surface area contributed by atoms with Gasteiger partial charge in [-0.2, -0.15) is 13.2 Å². The minimum atomic E-state index is -4.54. The monoisotopic (exact) mass is 371 g/mol. The van der Waals surface area contributed by atoms with E-state index in [1.54, 1.807) is 0 Å². The molecule has 0 saturated heterocycles. The molecule has 1 aliphatic rings. The number of imide groups is 1. The molecule has 0 aliphatic carbocycles. The standard InChI is InChI=1S/C17H20F3N3O3/c1-3-22(4-2)14-6-5-11(17(18,19)20)9-12(14)21-13-10-15(25)23(7-8-24)16(13)26/h5-6,9-10,21,24H,3-4,7-8H2,1-2H3. The smallest absolute Gasteiger partial charge is 0.395 e. The lowest BCUT2D eigenvalue weighted by Gasteiger charge is -2.25. The van der Waals surface area contributed by atoms with E-state index in [0.717, 1.165) is 23.1 Å². The molecule has 0 unspecified atom stereocenters. The summed E-state index contributed by atoms with van der Waals surface area (Å²) in [5, 5.41) is 11.6. The van der Waals surface area contributed by atoms with Crippen molar-refractivity contribution in [3.05, 3.63) is 35.5 Å². The van der Waals surface area contributed by atoms with Crippen molar-refractivity contribution in [2.45, 2.75) is 20.0 Å². The molecule has 0 spiro atoms. The van der Waals surface area contributed by atoms with Gasteiger partial charge in [0.2, 0.25) is 0 Å². The largest absolute Gasteiger partial charge is 0.416 e. The zero-order valence-electron chi connectivity index (χ0n) is 14.4. The van der Waals surface area contributed by atoms with E-state index in [1.807, 2.05) is 18.7 Å². The van der Waals surface area contributed by atoms with Crippen LogP contribution in [0.25, 0.3) is 0 Å². The van der Waals surface area contributed by atoms with Crippen LogP contribution in [0.2, 0.25) is 0 Å². The van der Waals surface area contributed by atoms with E-state index in [1.165, 1.54) is 6.07 Å². The van der Waals surface area contributed by atoms with Crippen LogP contribution in [0.4, 0.5) is 24.5 Å². The summed E-state index contributed by atoms with van der Waals surface area (Å²) in [6.45, 7) is 4.25. The molecule has 1 aromatic rings. The number of carbonyl (C=O) groups is 2. The summed E-state index contributed by atoms with van der Waals surface area (Å²) < 4.78 is 39.2. The van der Waals surface area contributed by atoms with Crippen LogP contribution in [0.5, 0.6) is 0 Å². The van der Waals surface area contributed by atoms with Crippen LogP contribution in [0.1, 0.15) is 19.4 Å². The molecule has 2 amide bonds. The molecule has 1 aliphatic heterocycles. The van der Waals surface area contributed by atoms with E-state index in [4.69, 9.17) is 5.11 Å². The van der Waals surface area contributed by atoms with Gasteiger partial charge in [-0.25, -0.2) is 0 Å². The average Bonchev–Trinajstić information content (AvgIpc) is 2.84. The SMILES string of the molecule is CCN(CC)c1ccc(C(F)(F)F)cc1NC1=CC(=O)N(CCO)C1=O. The maximum Gasteiger partial charge on any atom is 0.416 e. The molecule has 0 bridgehead atoms. The number of benzene rings is 1. The number of hydrogen-bond acceptors (Lipinski definition) is 5. The van der Waals surface area contributed by atoms with Gasteiger partial charge >= 0.3 is 6.18 Å². The molecule has 0 atom stereocenters. The summed E-state index contributed by atoms with van der Waals surface area (Å²) in [7, 11) is 0. The Morgan fingerprint density at radius 3 is 2.38 bits per heavy atom. The van der Waals surface area contributed by atoms with Crippen molar-refractivity contribution in [3.8, 4) is 0 Å². The summed E-state index contributed by atoms with van der Waals surface area (Å²) in [5.41, 5.74) is -0.414. The van der Waals surface area contributed by atoms with Gasteiger partial charge in [-0.05, 0) is 32.0 Å². The Bertz CT molecular complexity index is 728. The van der Waals surface area contributed by atoms with E-state index in [2.05, 4.69) is 5.32 Å². The maximum absolute atomic E-state index is 13.1. The first-order chi connectivity index (χ1) is 12.2. The van der Waals surface area contributed by atoms with Gasteiger partial charge in [0.25, 0.3) is 11.8 Å². The van der Waals surface area contributed by atoms with Crippen molar-refractivity contribution in [1.82, 2.24) is 4.90 Å². The molecule has 26 heavy (non-hydrogen) atoms. The first-order valence-corrected chi connectivity index (χ1v) is 8.14. The summed E-state index contributed by atoms with van der Waals surface area (Å²) in [5.74, 6) is -1.31. The van der Waals surface area contributed by atoms with Crippen LogP contribution in [0.3, 0.4) is 0 Å². The Kier molecular flexibility index (Phi) is 5.91. The number of carbonyl (C=O) groups excluding carboxylic acids is 2. The van der Waals surface area contributed by atoms with Crippen molar-refractivity contribution in [3.63, 3.8) is 0 Å². The molecule has 6 nitrogen and oxygen atoms in total. The zero-order chi connectivity index (χ0) is 19.5. The Balaban J connectivity index is 2.41. The van der Waals surface area contributed by atoms with Gasteiger partial charge in [0.05, 0.1) is 30.1 Å². The number of anilines is 2. The minimum absolute atomic E-state index is 0.0850. The molecule has 9 heteroatoms. The number of nitrogens with zero attached hydrogens (tertiary/aromatic N) is 2. The second kappa shape index (κ2) is 7.77. The average molecular weight is 371 g/mol. The second-order valence-corrected chi connectivity index (χ2v) is 5.60. The van der Waals surface area contributed by atoms with Crippen LogP contribution in [-0.4, -0.2) is 48.1 Å². The molecule has 1 heterocycles. The van der Waals surface area contributed by atoms with Crippen LogP contribution < -0.4 is 10.2 Å². The third kappa shape index (κ3) is 3.98. The van der Waals surface area contributed by atoms with Gasteiger partial charge in [-0.1, -0.05) is 0 Å². The number of aliphatic hydroxyl groups excluding tert-OH is 1. The van der Waals surface area contributed by atoms with Crippen molar-refractivity contribution >= 4 is 23.2 Å². The van der Waals surface area contributed by atoms with Gasteiger partial charge in [-0.3, -0.25) is 14.5 Å². The lowest BCUT2D eigenvalue weighted by molar-refractivity contribution is -0.138. The van der Waals surface area contributed by atoms with E-state index < -0.39 is 30.2 Å². The van der Waals surface area contributed by atoms with Gasteiger partial charge in [0.1, 0.15) is 5.70 Å². The topological polar surface area (TPSA) is 72.9 Å². The fourth-order valence-corrected chi connectivity index (χ4v) is 2.71. The van der Waals surface area contributed by atoms with Crippen molar-refractivity contribution in [2.24, 2.45) is 0 Å². The van der Waals surface area contributed by atoms with Gasteiger partial charge in [-0.15, -0.1) is 0 Å². The summed E-state index contributed by atoms with van der Waals surface area (Å²) >= 11 is 0. The van der Waals surface area contributed by atoms with Gasteiger partial charge < -0.3 is 15.3 Å². The lowest BCUT2D eigenvalue weighted by Crippen LogP contribution is -2.34. The molecular weight excluding hydrogens is 351 g/mol. The highest BCUT2D eigenvalue weighted by atomic mass is 19.4. The molecule has 0 fully saturated rings. The predicted octanol–water partition coefficient (Wildman–Crippen LogP) is 2.21. The molecule has 0 radical (unpaired) electrons. The fraction of sp³-hybridized carbons (Fsp3) is 0.412. The normalized spacial score (nSPS) is 14.7. The molecule has 0 aromatic heterocycles. The highest BCUT2D eigenvalue weighted by Crippen LogP contribution is 2.36. The number of halogens is 3. The number of aliphatic hydroxyl groups is 1. The third-order valence-corrected chi connectivity index (χ3v) is 4.03. The number of amides is 2. The fourth-order valence-electron chi connectivity index (χ4n) is 2.71. The van der Waals surface area contributed by atoms with Crippen LogP contribution in [-0.2, 0) is 15.8 Å². The number of hydrogen-bond donors (Lipinski definition) is 2. The van der Waals surface area contributed by atoms with E-state index in [0.29, 0.717) is 18.8 Å². The Morgan fingerprint density at radius 1 is 1.19 bits per heavy atom. The second-order valence-electron chi connectivity index (χ2n) is 5.60. The van der Waals surface area contributed by atoms with E-state index >= 15 is 0 Å². The predicted molar refractivity (Wildman–Crippen MR) is 90.5 cm³/mol. The maximum atomic E-state index is 13.1. The molecule has 2 rings (SSSR count). The van der Waals surface area contributed by atoms with E-state index in [-0.39, 0.29) is 17.9 Å². The molecule has 1 aromatic carbocycles. The lowest BCUT2D eigenvalue weighted by atomic mass is 10.1. The Labute approximate surface area is 148 Å². The first-order valence-electron chi connectivity index (χ1n) is 8.14. The number of β-amino-alcohol motifs (C(OH)–C–C–N with tert-alkyl or cyclic N) is 1. The quantitative estimate of drug-likeness (QED) is 0.719. The van der Waals surface area contributed by atoms with E-state index in [9.17, 15) is 22.8 Å². The van der Waals surface area contributed by atoms with Crippen LogP contribution >= 0.6 is 0 Å². The molecule has 2 N–H and O–H groups in total. The summed E-state index contributed by atoms with van der Waals surface area (Å²) in [4.78, 5) is 26.7. The zero-order valence-corrected chi connectivity index (χ0v) is 14.4. The van der Waals surface area contributed by atoms with Crippen LogP contribution in [0.15, 0.2) is 30.0 Å². The van der Waals surface area contributed by atoms with Gasteiger partial charge in [0, 0.05) is 19.2 Å². The molecular formula is C17H20F3N3O3. The third-order valence-electron chi connectivity index (χ3n) is 4.03. The highest BCUT2D eigenvalue weighted by molar-refractivity contribution is 6.17. The van der Waals surface area contributed by atoms with Crippen LogP contribution in [0, 0.1) is 0 Å². The summed E-state index contributed by atoms with van der Waals surface area (Å²) in [6.07, 6.45) is -3.52. The number of alkyl halides is 3. The Hall–Kier alpha value is -2.55. The summed E-state index contributed by atoms with van der Waals surface area (Å²) in [6, 6.07) is 3.24. The van der Waals surface area contributed by atoms with Crippen molar-refractivity contribution in [1.29, 1.82) is 0 Å². The highest BCUT2D eigenvalue weighted by Gasteiger charge is 2.34. The molecule has 142 valence electrons. The number of nitrogens with one attached hydrogen (secondary N) is 1. The van der Waals surface area contributed by atoms with Gasteiger partial charge in [0.15, 0.2) is 0 Å². The van der Waals surface area contributed by atoms with Crippen molar-refractivity contribution < 1.29 is 27.9 Å². The Morgan fingerprint density at radius 2 is 1.85 bits per heavy atom. The first kappa shape index (κ1) is 19.8. The van der Waals surface area contributed by atoms with Crippen molar-refractivity contribution in [2.75, 3.05) is 36.5 Å². The molecule has 0 saturated carbocycles. The number of rotatable bonds is 7. The minimum Gasteiger partial charge on any atom is -0.395 e.